The van der Waals surface area contributed by atoms with Crippen LogP contribution in [0.2, 0.25) is 0 Å². The van der Waals surface area contributed by atoms with Crippen LogP contribution >= 0.6 is 0 Å². The summed E-state index contributed by atoms with van der Waals surface area (Å²) in [4.78, 5) is 24.4. The van der Waals surface area contributed by atoms with Crippen molar-refractivity contribution in [3.63, 3.8) is 0 Å². The van der Waals surface area contributed by atoms with Gasteiger partial charge in [-0.2, -0.15) is 17.5 Å². The van der Waals surface area contributed by atoms with Crippen molar-refractivity contribution in [1.82, 2.24) is 14.9 Å². The number of carbonyl (C=O) groups excluding carboxylic acids is 2. The Labute approximate surface area is 219 Å². The van der Waals surface area contributed by atoms with Crippen LogP contribution in [0.4, 0.5) is 13.2 Å². The Hall–Kier alpha value is -3.32. The number of nitrogens with one attached hydrogen (secondary N) is 2. The molecule has 1 saturated heterocycles. The van der Waals surface area contributed by atoms with E-state index in [9.17, 15) is 31.2 Å². The van der Waals surface area contributed by atoms with Crippen LogP contribution in [0.25, 0.3) is 0 Å². The van der Waals surface area contributed by atoms with Gasteiger partial charge in [-0.15, -0.1) is 0 Å². The molecule has 0 aromatic heterocycles. The molecule has 2 N–H and O–H groups in total. The van der Waals surface area contributed by atoms with E-state index in [0.29, 0.717) is 23.1 Å². The normalized spacial score (nSPS) is 15.9. The summed E-state index contributed by atoms with van der Waals surface area (Å²) in [6.07, 6.45) is -4.00. The lowest BCUT2D eigenvalue weighted by Crippen LogP contribution is -2.53. The molecule has 2 aromatic carbocycles. The predicted octanol–water partition coefficient (Wildman–Crippen LogP) is 2.74. The second-order valence-electron chi connectivity index (χ2n) is 8.89. The first kappa shape index (κ1) is 29.2. The molecule has 0 aliphatic carbocycles. The fourth-order valence-corrected chi connectivity index (χ4v) is 5.71. The zero-order chi connectivity index (χ0) is 28.1. The van der Waals surface area contributed by atoms with E-state index in [0.717, 1.165) is 22.5 Å². The number of methoxy groups -OCH3 is 2. The van der Waals surface area contributed by atoms with E-state index < -0.39 is 44.5 Å². The summed E-state index contributed by atoms with van der Waals surface area (Å²) < 4.78 is 76.6. The SMILES string of the molecule is COc1cc(C[C@@H](NC(C)=O)C(=O)NC2CCN(S(=O)(=O)c3cccc(C(F)(F)F)c3)CC2)cc(OC)c1. The van der Waals surface area contributed by atoms with Gasteiger partial charge >= 0.3 is 6.18 Å². The van der Waals surface area contributed by atoms with Crippen molar-refractivity contribution in [2.75, 3.05) is 27.3 Å². The maximum atomic E-state index is 13.1. The highest BCUT2D eigenvalue weighted by Crippen LogP contribution is 2.31. The summed E-state index contributed by atoms with van der Waals surface area (Å²) in [6, 6.07) is 7.46. The Morgan fingerprint density at radius 2 is 1.66 bits per heavy atom. The van der Waals surface area contributed by atoms with E-state index in [1.165, 1.54) is 21.1 Å². The van der Waals surface area contributed by atoms with Crippen molar-refractivity contribution < 1.29 is 40.7 Å². The van der Waals surface area contributed by atoms with E-state index >= 15 is 0 Å². The number of hydrogen-bond acceptors (Lipinski definition) is 6. The number of ether oxygens (including phenoxy) is 2. The first-order valence-electron chi connectivity index (χ1n) is 11.8. The number of nitrogens with zero attached hydrogens (tertiary/aromatic N) is 1. The van der Waals surface area contributed by atoms with Gasteiger partial charge in [0.2, 0.25) is 21.8 Å². The molecular weight excluding hydrogens is 527 g/mol. The third-order valence-electron chi connectivity index (χ3n) is 6.14. The first-order chi connectivity index (χ1) is 17.8. The Morgan fingerprint density at radius 3 is 2.18 bits per heavy atom. The molecule has 0 spiro atoms. The van der Waals surface area contributed by atoms with Gasteiger partial charge in [0.15, 0.2) is 0 Å². The van der Waals surface area contributed by atoms with Crippen molar-refractivity contribution in [3.05, 3.63) is 53.6 Å². The molecule has 0 unspecified atom stereocenters. The van der Waals surface area contributed by atoms with Gasteiger partial charge in [-0.05, 0) is 48.7 Å². The van der Waals surface area contributed by atoms with Gasteiger partial charge in [-0.25, -0.2) is 8.42 Å². The van der Waals surface area contributed by atoms with Crippen LogP contribution < -0.4 is 20.1 Å². The molecule has 9 nitrogen and oxygen atoms in total. The minimum absolute atomic E-state index is 0.0153. The number of amides is 2. The lowest BCUT2D eigenvalue weighted by atomic mass is 10.0. The first-order valence-corrected chi connectivity index (χ1v) is 13.2. The van der Waals surface area contributed by atoms with Crippen LogP contribution in [0, 0.1) is 0 Å². The average molecular weight is 558 g/mol. The van der Waals surface area contributed by atoms with Crippen LogP contribution in [0.5, 0.6) is 11.5 Å². The fourth-order valence-electron chi connectivity index (χ4n) is 4.20. The van der Waals surface area contributed by atoms with Crippen molar-refractivity contribution in [3.8, 4) is 11.5 Å². The van der Waals surface area contributed by atoms with E-state index in [1.54, 1.807) is 18.2 Å². The number of sulfonamides is 1. The van der Waals surface area contributed by atoms with Crippen LogP contribution in [0.1, 0.15) is 30.9 Å². The zero-order valence-corrected chi connectivity index (χ0v) is 22.0. The number of carbonyl (C=O) groups is 2. The number of piperidine rings is 1. The minimum Gasteiger partial charge on any atom is -0.497 e. The zero-order valence-electron chi connectivity index (χ0n) is 21.2. The molecule has 0 radical (unpaired) electrons. The van der Waals surface area contributed by atoms with Gasteiger partial charge in [0.1, 0.15) is 17.5 Å². The Balaban J connectivity index is 1.66. The summed E-state index contributed by atoms with van der Waals surface area (Å²) in [5, 5.41) is 5.49. The number of benzene rings is 2. The predicted molar refractivity (Wildman–Crippen MR) is 132 cm³/mol. The largest absolute Gasteiger partial charge is 0.497 e. The molecule has 1 aliphatic rings. The Morgan fingerprint density at radius 1 is 1.05 bits per heavy atom. The smallest absolute Gasteiger partial charge is 0.416 e. The van der Waals surface area contributed by atoms with E-state index in [1.807, 2.05) is 0 Å². The highest BCUT2D eigenvalue weighted by atomic mass is 32.2. The summed E-state index contributed by atoms with van der Waals surface area (Å²) in [6.45, 7) is 1.33. The Kier molecular flexibility index (Phi) is 9.26. The van der Waals surface area contributed by atoms with E-state index in [4.69, 9.17) is 9.47 Å². The number of hydrogen-bond donors (Lipinski definition) is 2. The molecule has 1 heterocycles. The number of rotatable bonds is 9. The molecule has 208 valence electrons. The van der Waals surface area contributed by atoms with Crippen LogP contribution in [-0.2, 0) is 32.2 Å². The Bertz CT molecular complexity index is 1240. The number of alkyl halides is 3. The highest BCUT2D eigenvalue weighted by molar-refractivity contribution is 7.89. The highest BCUT2D eigenvalue weighted by Gasteiger charge is 2.35. The average Bonchev–Trinajstić information content (AvgIpc) is 2.87. The third kappa shape index (κ3) is 7.38. The van der Waals surface area contributed by atoms with Crippen molar-refractivity contribution in [2.45, 2.75) is 49.3 Å². The fraction of sp³-hybridized carbons (Fsp3) is 0.440. The summed E-state index contributed by atoms with van der Waals surface area (Å²) in [5.74, 6) is 0.203. The maximum absolute atomic E-state index is 13.1. The minimum atomic E-state index is -4.66. The van der Waals surface area contributed by atoms with E-state index in [-0.39, 0.29) is 38.4 Å². The summed E-state index contributed by atoms with van der Waals surface area (Å²) in [7, 11) is -1.15. The molecular formula is C25H30F3N3O6S. The molecule has 0 bridgehead atoms. The molecule has 3 rings (SSSR count). The van der Waals surface area contributed by atoms with Gasteiger partial charge in [-0.1, -0.05) is 6.07 Å². The van der Waals surface area contributed by atoms with Crippen LogP contribution in [0.15, 0.2) is 47.4 Å². The van der Waals surface area contributed by atoms with Crippen molar-refractivity contribution >= 4 is 21.8 Å². The molecule has 2 aromatic rings. The molecule has 2 amide bonds. The quantitative estimate of drug-likeness (QED) is 0.490. The molecule has 0 saturated carbocycles. The molecule has 38 heavy (non-hydrogen) atoms. The maximum Gasteiger partial charge on any atom is 0.416 e. The van der Waals surface area contributed by atoms with E-state index in [2.05, 4.69) is 10.6 Å². The topological polar surface area (TPSA) is 114 Å². The lowest BCUT2D eigenvalue weighted by Gasteiger charge is -2.32. The lowest BCUT2D eigenvalue weighted by molar-refractivity contribution is -0.137. The summed E-state index contributed by atoms with van der Waals surface area (Å²) in [5.41, 5.74) is -0.351. The molecule has 1 fully saturated rings. The van der Waals surface area contributed by atoms with Gasteiger partial charge < -0.3 is 20.1 Å². The van der Waals surface area contributed by atoms with Gasteiger partial charge in [0.05, 0.1) is 24.7 Å². The van der Waals surface area contributed by atoms with Gasteiger partial charge in [0.25, 0.3) is 0 Å². The standard InChI is InChI=1S/C25H30F3N3O6S/c1-16(32)29-23(13-17-11-20(36-2)15-21(12-17)37-3)24(33)30-19-7-9-31(10-8-19)38(34,35)22-6-4-5-18(14-22)25(26,27)28/h4-6,11-12,14-15,19,23H,7-10,13H2,1-3H3,(H,29,32)(H,30,33)/t23-/m1/s1. The summed E-state index contributed by atoms with van der Waals surface area (Å²) >= 11 is 0. The molecule has 1 atom stereocenters. The van der Waals surface area contributed by atoms with Gasteiger partial charge in [-0.3, -0.25) is 9.59 Å². The number of halogens is 3. The second kappa shape index (κ2) is 12.0. The van der Waals surface area contributed by atoms with Crippen LogP contribution in [0.3, 0.4) is 0 Å². The molecule has 13 heteroatoms. The second-order valence-corrected chi connectivity index (χ2v) is 10.8. The monoisotopic (exact) mass is 557 g/mol. The molecule has 1 aliphatic heterocycles. The van der Waals surface area contributed by atoms with Gasteiger partial charge in [0, 0.05) is 38.5 Å². The third-order valence-corrected chi connectivity index (χ3v) is 8.04. The van der Waals surface area contributed by atoms with Crippen molar-refractivity contribution in [1.29, 1.82) is 0 Å². The van der Waals surface area contributed by atoms with Crippen molar-refractivity contribution in [2.24, 2.45) is 0 Å². The van der Waals surface area contributed by atoms with Crippen LogP contribution in [-0.4, -0.2) is 63.9 Å².